The van der Waals surface area contributed by atoms with Crippen molar-refractivity contribution in [3.8, 4) is 11.3 Å². The van der Waals surface area contributed by atoms with Gasteiger partial charge in [0.15, 0.2) is 0 Å². The minimum absolute atomic E-state index is 0.0370. The lowest BCUT2D eigenvalue weighted by molar-refractivity contribution is 0.253. The SMILES string of the molecule is Cn1nccc1-c1cccc(S(=O)(=O)NC(N)=O)c1. The topological polar surface area (TPSA) is 107 Å². The van der Waals surface area contributed by atoms with Crippen LogP contribution >= 0.6 is 0 Å². The number of nitrogens with two attached hydrogens (primary N) is 1. The molecule has 2 amide bonds. The molecule has 0 fully saturated rings. The van der Waals surface area contributed by atoms with Crippen molar-refractivity contribution >= 4 is 16.1 Å². The highest BCUT2D eigenvalue weighted by atomic mass is 32.2. The molecular weight excluding hydrogens is 268 g/mol. The largest absolute Gasteiger partial charge is 0.351 e. The number of aromatic nitrogens is 2. The summed E-state index contributed by atoms with van der Waals surface area (Å²) >= 11 is 0. The minimum Gasteiger partial charge on any atom is -0.351 e. The number of benzene rings is 1. The maximum atomic E-state index is 11.8. The van der Waals surface area contributed by atoms with Gasteiger partial charge in [0.05, 0.1) is 10.6 Å². The van der Waals surface area contributed by atoms with Gasteiger partial charge in [0.1, 0.15) is 0 Å². The van der Waals surface area contributed by atoms with E-state index >= 15 is 0 Å². The zero-order valence-corrected chi connectivity index (χ0v) is 10.9. The normalized spacial score (nSPS) is 11.2. The predicted molar refractivity (Wildman–Crippen MR) is 68.5 cm³/mol. The van der Waals surface area contributed by atoms with E-state index in [-0.39, 0.29) is 4.90 Å². The molecule has 0 atom stereocenters. The molecule has 0 bridgehead atoms. The van der Waals surface area contributed by atoms with Crippen molar-refractivity contribution in [2.24, 2.45) is 12.8 Å². The first-order valence-corrected chi connectivity index (χ1v) is 6.79. The summed E-state index contributed by atoms with van der Waals surface area (Å²) in [7, 11) is -2.19. The van der Waals surface area contributed by atoms with Crippen molar-refractivity contribution < 1.29 is 13.2 Å². The van der Waals surface area contributed by atoms with Gasteiger partial charge in [0.25, 0.3) is 10.0 Å². The number of sulfonamides is 1. The summed E-state index contributed by atoms with van der Waals surface area (Å²) in [5.74, 6) is 0. The Morgan fingerprint density at radius 2 is 2.11 bits per heavy atom. The third-order valence-electron chi connectivity index (χ3n) is 2.50. The molecule has 0 aliphatic heterocycles. The van der Waals surface area contributed by atoms with E-state index in [1.165, 1.54) is 12.1 Å². The smallest absolute Gasteiger partial charge is 0.326 e. The molecule has 2 rings (SSSR count). The molecule has 0 aliphatic carbocycles. The second-order valence-electron chi connectivity index (χ2n) is 3.84. The molecule has 8 heteroatoms. The van der Waals surface area contributed by atoms with Gasteiger partial charge in [0, 0.05) is 18.8 Å². The van der Waals surface area contributed by atoms with E-state index in [2.05, 4.69) is 5.10 Å². The van der Waals surface area contributed by atoms with Gasteiger partial charge in [-0.3, -0.25) is 4.68 Å². The van der Waals surface area contributed by atoms with E-state index in [1.807, 2.05) is 0 Å². The van der Waals surface area contributed by atoms with Crippen molar-refractivity contribution in [3.05, 3.63) is 36.5 Å². The quantitative estimate of drug-likeness (QED) is 0.850. The Balaban J connectivity index is 2.46. The van der Waals surface area contributed by atoms with Crippen LogP contribution in [0.2, 0.25) is 0 Å². The van der Waals surface area contributed by atoms with Crippen LogP contribution in [-0.2, 0) is 17.1 Å². The van der Waals surface area contributed by atoms with E-state index < -0.39 is 16.1 Å². The summed E-state index contributed by atoms with van der Waals surface area (Å²) in [5, 5.41) is 4.01. The highest BCUT2D eigenvalue weighted by Gasteiger charge is 2.16. The lowest BCUT2D eigenvalue weighted by atomic mass is 10.1. The van der Waals surface area contributed by atoms with Crippen LogP contribution in [-0.4, -0.2) is 24.2 Å². The maximum absolute atomic E-state index is 11.8. The van der Waals surface area contributed by atoms with Crippen LogP contribution in [0.4, 0.5) is 4.79 Å². The Bertz CT molecular complexity index is 721. The Hall–Kier alpha value is -2.35. The number of carbonyl (C=O) groups excluding carboxylic acids is 1. The fourth-order valence-electron chi connectivity index (χ4n) is 1.67. The number of carbonyl (C=O) groups is 1. The molecule has 0 saturated carbocycles. The number of aryl methyl sites for hydroxylation is 1. The summed E-state index contributed by atoms with van der Waals surface area (Å²) in [6.07, 6.45) is 1.61. The molecule has 7 nitrogen and oxygen atoms in total. The van der Waals surface area contributed by atoms with Gasteiger partial charge in [-0.2, -0.15) is 5.10 Å². The number of hydrogen-bond donors (Lipinski definition) is 2. The number of rotatable bonds is 3. The highest BCUT2D eigenvalue weighted by Crippen LogP contribution is 2.21. The first-order chi connectivity index (χ1) is 8.90. The van der Waals surface area contributed by atoms with Gasteiger partial charge >= 0.3 is 6.03 Å². The second-order valence-corrected chi connectivity index (χ2v) is 5.52. The zero-order valence-electron chi connectivity index (χ0n) is 10.1. The van der Waals surface area contributed by atoms with Crippen LogP contribution < -0.4 is 10.5 Å². The molecule has 0 aliphatic rings. The molecule has 0 spiro atoms. The number of primary amides is 1. The van der Waals surface area contributed by atoms with Gasteiger partial charge in [-0.15, -0.1) is 0 Å². The van der Waals surface area contributed by atoms with Crippen LogP contribution in [0.5, 0.6) is 0 Å². The maximum Gasteiger partial charge on any atom is 0.326 e. The van der Waals surface area contributed by atoms with Crippen LogP contribution in [0.3, 0.4) is 0 Å². The van der Waals surface area contributed by atoms with Gasteiger partial charge in [0.2, 0.25) is 0 Å². The lowest BCUT2D eigenvalue weighted by Crippen LogP contribution is -2.34. The highest BCUT2D eigenvalue weighted by molar-refractivity contribution is 7.90. The molecule has 1 heterocycles. The number of hydrogen-bond acceptors (Lipinski definition) is 4. The lowest BCUT2D eigenvalue weighted by Gasteiger charge is -2.07. The summed E-state index contributed by atoms with van der Waals surface area (Å²) < 4.78 is 27.0. The van der Waals surface area contributed by atoms with Crippen molar-refractivity contribution in [1.82, 2.24) is 14.5 Å². The first-order valence-electron chi connectivity index (χ1n) is 5.31. The molecular formula is C11H12N4O3S. The van der Waals surface area contributed by atoms with E-state index in [0.29, 0.717) is 5.56 Å². The first kappa shape index (κ1) is 13.1. The van der Waals surface area contributed by atoms with Crippen LogP contribution in [0.1, 0.15) is 0 Å². The molecule has 0 saturated heterocycles. The van der Waals surface area contributed by atoms with Gasteiger partial charge in [-0.1, -0.05) is 12.1 Å². The molecule has 100 valence electrons. The number of nitrogens with zero attached hydrogens (tertiary/aromatic N) is 2. The fourth-order valence-corrected chi connectivity index (χ4v) is 2.59. The molecule has 3 N–H and O–H groups in total. The minimum atomic E-state index is -3.94. The molecule has 1 aromatic heterocycles. The van der Waals surface area contributed by atoms with E-state index in [4.69, 9.17) is 5.73 Å². The Kier molecular flexibility index (Phi) is 3.26. The van der Waals surface area contributed by atoms with Crippen LogP contribution in [0.25, 0.3) is 11.3 Å². The summed E-state index contributed by atoms with van der Waals surface area (Å²) in [4.78, 5) is 10.6. The zero-order chi connectivity index (χ0) is 14.0. The van der Waals surface area contributed by atoms with Crippen molar-refractivity contribution in [3.63, 3.8) is 0 Å². The Morgan fingerprint density at radius 3 is 2.68 bits per heavy atom. The molecule has 0 radical (unpaired) electrons. The molecule has 1 aromatic carbocycles. The van der Waals surface area contributed by atoms with Crippen molar-refractivity contribution in [2.75, 3.05) is 0 Å². The van der Waals surface area contributed by atoms with Gasteiger partial charge in [-0.25, -0.2) is 17.9 Å². The Morgan fingerprint density at radius 1 is 1.37 bits per heavy atom. The van der Waals surface area contributed by atoms with Crippen molar-refractivity contribution in [2.45, 2.75) is 4.90 Å². The van der Waals surface area contributed by atoms with E-state index in [1.54, 1.807) is 40.8 Å². The average Bonchev–Trinajstić information content (AvgIpc) is 2.74. The standard InChI is InChI=1S/C11H12N4O3S/c1-15-10(5-6-13-15)8-3-2-4-9(7-8)19(17,18)14-11(12)16/h2-7H,1H3,(H3,12,14,16). The van der Waals surface area contributed by atoms with E-state index in [9.17, 15) is 13.2 Å². The summed E-state index contributed by atoms with van der Waals surface area (Å²) in [6.45, 7) is 0. The Labute approximate surface area is 110 Å². The molecule has 2 aromatic rings. The van der Waals surface area contributed by atoms with Crippen LogP contribution in [0.15, 0.2) is 41.4 Å². The molecule has 19 heavy (non-hydrogen) atoms. The monoisotopic (exact) mass is 280 g/mol. The average molecular weight is 280 g/mol. The van der Waals surface area contributed by atoms with Crippen molar-refractivity contribution in [1.29, 1.82) is 0 Å². The number of urea groups is 1. The second kappa shape index (κ2) is 4.73. The number of nitrogens with one attached hydrogen (secondary N) is 1. The van der Waals surface area contributed by atoms with Crippen LogP contribution in [0, 0.1) is 0 Å². The predicted octanol–water partition coefficient (Wildman–Crippen LogP) is 0.444. The number of amides is 2. The fraction of sp³-hybridized carbons (Fsp3) is 0.0909. The third kappa shape index (κ3) is 2.74. The van der Waals surface area contributed by atoms with Gasteiger partial charge < -0.3 is 5.73 Å². The molecule has 0 unspecified atom stereocenters. The van der Waals surface area contributed by atoms with E-state index in [0.717, 1.165) is 5.69 Å². The third-order valence-corrected chi connectivity index (χ3v) is 3.84. The van der Waals surface area contributed by atoms with Gasteiger partial charge in [-0.05, 0) is 18.2 Å². The summed E-state index contributed by atoms with van der Waals surface area (Å²) in [6, 6.07) is 6.80. The summed E-state index contributed by atoms with van der Waals surface area (Å²) in [5.41, 5.74) is 6.26.